The lowest BCUT2D eigenvalue weighted by molar-refractivity contribution is 0.586. The molecule has 0 spiro atoms. The van der Waals surface area contributed by atoms with Gasteiger partial charge in [0.15, 0.2) is 0 Å². The van der Waals surface area contributed by atoms with E-state index in [1.807, 2.05) is 0 Å². The highest BCUT2D eigenvalue weighted by molar-refractivity contribution is 7.98. The Bertz CT molecular complexity index is 236. The van der Waals surface area contributed by atoms with Crippen LogP contribution in [0.15, 0.2) is 29.2 Å². The van der Waals surface area contributed by atoms with E-state index in [0.29, 0.717) is 0 Å². The van der Waals surface area contributed by atoms with E-state index in [4.69, 9.17) is 0 Å². The van der Waals surface area contributed by atoms with Crippen LogP contribution in [0.3, 0.4) is 0 Å². The lowest BCUT2D eigenvalue weighted by Crippen LogP contribution is -1.91. The quantitative estimate of drug-likeness (QED) is 0.653. The second kappa shape index (κ2) is 5.33. The molecule has 0 nitrogen and oxygen atoms in total. The third kappa shape index (κ3) is 3.86. The fourth-order valence-electron chi connectivity index (χ4n) is 1.25. The van der Waals surface area contributed by atoms with E-state index in [9.17, 15) is 0 Å². The lowest BCUT2D eigenvalue weighted by Gasteiger charge is -2.04. The minimum atomic E-state index is 0.806. The Kier molecular flexibility index (Phi) is 4.37. The molecule has 0 amide bonds. The second-order valence-corrected chi connectivity index (χ2v) is 4.66. The van der Waals surface area contributed by atoms with Crippen molar-refractivity contribution < 1.29 is 0 Å². The van der Waals surface area contributed by atoms with Gasteiger partial charge in [-0.1, -0.05) is 26.0 Å². The van der Waals surface area contributed by atoms with Crippen LogP contribution in [-0.4, -0.2) is 6.26 Å². The Balaban J connectivity index is 2.49. The van der Waals surface area contributed by atoms with Crippen LogP contribution in [0, 0.1) is 5.92 Å². The maximum atomic E-state index is 2.27. The molecule has 0 aromatic heterocycles. The van der Waals surface area contributed by atoms with Gasteiger partial charge in [-0.2, -0.15) is 0 Å². The molecule has 1 aromatic rings. The SMILES string of the molecule is CSc1ccc(CCC(C)C)cc1. The summed E-state index contributed by atoms with van der Waals surface area (Å²) in [5.74, 6) is 0.806. The summed E-state index contributed by atoms with van der Waals surface area (Å²) in [6.45, 7) is 4.55. The molecule has 0 N–H and O–H groups in total. The topological polar surface area (TPSA) is 0 Å². The zero-order chi connectivity index (χ0) is 9.68. The molecule has 0 unspecified atom stereocenters. The van der Waals surface area contributed by atoms with Gasteiger partial charge in [0.1, 0.15) is 0 Å². The summed E-state index contributed by atoms with van der Waals surface area (Å²) in [7, 11) is 0. The minimum absolute atomic E-state index is 0.806. The smallest absolute Gasteiger partial charge is 0.00693 e. The molecule has 0 radical (unpaired) electrons. The van der Waals surface area contributed by atoms with E-state index >= 15 is 0 Å². The first-order chi connectivity index (χ1) is 6.22. The van der Waals surface area contributed by atoms with Gasteiger partial charge in [0.2, 0.25) is 0 Å². The lowest BCUT2D eigenvalue weighted by atomic mass is 10.0. The number of aryl methyl sites for hydroxylation is 1. The molecular weight excluding hydrogens is 176 g/mol. The van der Waals surface area contributed by atoms with Crippen LogP contribution in [0.1, 0.15) is 25.8 Å². The van der Waals surface area contributed by atoms with Crippen LogP contribution in [-0.2, 0) is 6.42 Å². The molecule has 0 bridgehead atoms. The molecule has 1 heteroatoms. The van der Waals surface area contributed by atoms with Gasteiger partial charge in [-0.25, -0.2) is 0 Å². The Morgan fingerprint density at radius 3 is 2.23 bits per heavy atom. The highest BCUT2D eigenvalue weighted by Gasteiger charge is 1.96. The maximum absolute atomic E-state index is 2.27. The summed E-state index contributed by atoms with van der Waals surface area (Å²) in [4.78, 5) is 1.35. The van der Waals surface area contributed by atoms with E-state index in [0.717, 1.165) is 5.92 Å². The molecule has 0 saturated heterocycles. The summed E-state index contributed by atoms with van der Waals surface area (Å²) in [6, 6.07) is 8.91. The van der Waals surface area contributed by atoms with E-state index in [1.54, 1.807) is 11.8 Å². The number of thioether (sulfide) groups is 1. The van der Waals surface area contributed by atoms with E-state index in [-0.39, 0.29) is 0 Å². The van der Waals surface area contributed by atoms with E-state index in [2.05, 4.69) is 44.4 Å². The summed E-state index contributed by atoms with van der Waals surface area (Å²) < 4.78 is 0. The van der Waals surface area contributed by atoms with E-state index < -0.39 is 0 Å². The van der Waals surface area contributed by atoms with Crippen molar-refractivity contribution in [2.45, 2.75) is 31.6 Å². The van der Waals surface area contributed by atoms with Crippen molar-refractivity contribution >= 4 is 11.8 Å². The third-order valence-electron chi connectivity index (χ3n) is 2.17. The van der Waals surface area contributed by atoms with Gasteiger partial charge in [-0.3, -0.25) is 0 Å². The van der Waals surface area contributed by atoms with E-state index in [1.165, 1.54) is 23.3 Å². The van der Waals surface area contributed by atoms with Gasteiger partial charge >= 0.3 is 0 Å². The van der Waals surface area contributed by atoms with Crippen molar-refractivity contribution in [3.63, 3.8) is 0 Å². The largest absolute Gasteiger partial charge is 0.130 e. The van der Waals surface area contributed by atoms with Gasteiger partial charge in [0.05, 0.1) is 0 Å². The summed E-state index contributed by atoms with van der Waals surface area (Å²) >= 11 is 1.80. The molecule has 13 heavy (non-hydrogen) atoms. The van der Waals surface area contributed by atoms with Crippen LogP contribution in [0.5, 0.6) is 0 Å². The molecule has 0 aliphatic heterocycles. The van der Waals surface area contributed by atoms with Gasteiger partial charge in [0, 0.05) is 4.90 Å². The summed E-state index contributed by atoms with van der Waals surface area (Å²) in [5, 5.41) is 0. The van der Waals surface area contributed by atoms with Crippen molar-refractivity contribution in [1.29, 1.82) is 0 Å². The Morgan fingerprint density at radius 2 is 1.77 bits per heavy atom. The average molecular weight is 194 g/mol. The average Bonchev–Trinajstić information content (AvgIpc) is 2.15. The first-order valence-electron chi connectivity index (χ1n) is 4.85. The van der Waals surface area contributed by atoms with Crippen LogP contribution >= 0.6 is 11.8 Å². The van der Waals surface area contributed by atoms with Gasteiger partial charge in [-0.05, 0) is 42.7 Å². The van der Waals surface area contributed by atoms with Gasteiger partial charge in [0.25, 0.3) is 0 Å². The molecule has 0 aliphatic carbocycles. The number of benzene rings is 1. The Labute approximate surface area is 85.7 Å². The molecule has 0 heterocycles. The molecule has 0 saturated carbocycles. The van der Waals surface area contributed by atoms with Crippen molar-refractivity contribution in [3.05, 3.63) is 29.8 Å². The van der Waals surface area contributed by atoms with Crippen LogP contribution in [0.25, 0.3) is 0 Å². The van der Waals surface area contributed by atoms with Crippen molar-refractivity contribution in [3.8, 4) is 0 Å². The summed E-state index contributed by atoms with van der Waals surface area (Å²) in [5.41, 5.74) is 1.46. The Morgan fingerprint density at radius 1 is 1.15 bits per heavy atom. The molecule has 0 aliphatic rings. The highest BCUT2D eigenvalue weighted by Crippen LogP contribution is 2.16. The van der Waals surface area contributed by atoms with Crippen molar-refractivity contribution in [1.82, 2.24) is 0 Å². The molecule has 0 atom stereocenters. The number of hydrogen-bond donors (Lipinski definition) is 0. The zero-order valence-corrected chi connectivity index (χ0v) is 9.53. The first kappa shape index (κ1) is 10.6. The molecule has 72 valence electrons. The Hall–Kier alpha value is -0.430. The van der Waals surface area contributed by atoms with Crippen LogP contribution in [0.2, 0.25) is 0 Å². The normalized spacial score (nSPS) is 10.8. The predicted octanol–water partition coefficient (Wildman–Crippen LogP) is 4.00. The van der Waals surface area contributed by atoms with Crippen molar-refractivity contribution in [2.75, 3.05) is 6.26 Å². The fraction of sp³-hybridized carbons (Fsp3) is 0.500. The number of rotatable bonds is 4. The molecular formula is C12H18S. The monoisotopic (exact) mass is 194 g/mol. The standard InChI is InChI=1S/C12H18S/c1-10(2)4-5-11-6-8-12(13-3)9-7-11/h6-10H,4-5H2,1-3H3. The fourth-order valence-corrected chi connectivity index (χ4v) is 1.66. The highest BCUT2D eigenvalue weighted by atomic mass is 32.2. The first-order valence-corrected chi connectivity index (χ1v) is 6.07. The summed E-state index contributed by atoms with van der Waals surface area (Å²) in [6.07, 6.45) is 4.62. The van der Waals surface area contributed by atoms with Crippen LogP contribution in [0.4, 0.5) is 0 Å². The van der Waals surface area contributed by atoms with Crippen LogP contribution < -0.4 is 0 Å². The maximum Gasteiger partial charge on any atom is 0.00693 e. The molecule has 1 aromatic carbocycles. The predicted molar refractivity (Wildman–Crippen MR) is 61.4 cm³/mol. The molecule has 1 rings (SSSR count). The van der Waals surface area contributed by atoms with Gasteiger partial charge < -0.3 is 0 Å². The zero-order valence-electron chi connectivity index (χ0n) is 8.71. The molecule has 0 fully saturated rings. The number of hydrogen-bond acceptors (Lipinski definition) is 1. The third-order valence-corrected chi connectivity index (χ3v) is 2.91. The second-order valence-electron chi connectivity index (χ2n) is 3.78. The van der Waals surface area contributed by atoms with Crippen molar-refractivity contribution in [2.24, 2.45) is 5.92 Å². The van der Waals surface area contributed by atoms with Gasteiger partial charge in [-0.15, -0.1) is 11.8 Å². The minimum Gasteiger partial charge on any atom is -0.130 e.